The molecule has 1 fully saturated rings. The number of piperidine rings is 1. The molecule has 4 heteroatoms. The molecule has 0 radical (unpaired) electrons. The summed E-state index contributed by atoms with van der Waals surface area (Å²) < 4.78 is 5.56. The number of rotatable bonds is 2. The largest absolute Gasteiger partial charge is 0.464 e. The van der Waals surface area contributed by atoms with Crippen molar-refractivity contribution in [1.82, 2.24) is 4.90 Å². The molecular formula is C16H18ClNO2. The van der Waals surface area contributed by atoms with Crippen LogP contribution in [0.2, 0.25) is 5.02 Å². The number of nitrogens with zero attached hydrogens (tertiary/aromatic N) is 1. The molecule has 3 rings (SSSR count). The van der Waals surface area contributed by atoms with Crippen molar-refractivity contribution in [3.63, 3.8) is 0 Å². The van der Waals surface area contributed by atoms with Crippen LogP contribution in [0.3, 0.4) is 0 Å². The minimum atomic E-state index is 0.0342. The lowest BCUT2D eigenvalue weighted by Crippen LogP contribution is -2.35. The highest BCUT2D eigenvalue weighted by atomic mass is 35.5. The first-order valence-electron chi connectivity index (χ1n) is 7.06. The van der Waals surface area contributed by atoms with Crippen molar-refractivity contribution < 1.29 is 4.42 Å². The van der Waals surface area contributed by atoms with Gasteiger partial charge >= 0.3 is 0 Å². The molecule has 2 aromatic rings. The van der Waals surface area contributed by atoms with Gasteiger partial charge in [-0.3, -0.25) is 9.69 Å². The van der Waals surface area contributed by atoms with Crippen molar-refractivity contribution >= 4 is 22.6 Å². The zero-order valence-corrected chi connectivity index (χ0v) is 12.3. The third-order valence-corrected chi connectivity index (χ3v) is 4.18. The molecule has 0 bridgehead atoms. The second-order valence-electron chi connectivity index (χ2n) is 5.71. The molecule has 1 aliphatic heterocycles. The summed E-state index contributed by atoms with van der Waals surface area (Å²) in [6.07, 6.45) is 4.07. The Balaban J connectivity index is 1.92. The second-order valence-corrected chi connectivity index (χ2v) is 6.15. The van der Waals surface area contributed by atoms with Crippen LogP contribution in [0.25, 0.3) is 11.0 Å². The number of benzene rings is 1. The number of halogens is 1. The van der Waals surface area contributed by atoms with E-state index >= 15 is 0 Å². The van der Waals surface area contributed by atoms with Crippen LogP contribution in [-0.2, 0) is 6.54 Å². The second kappa shape index (κ2) is 5.58. The van der Waals surface area contributed by atoms with Gasteiger partial charge in [0.1, 0.15) is 5.58 Å². The Morgan fingerprint density at radius 1 is 1.45 bits per heavy atom. The predicted molar refractivity (Wildman–Crippen MR) is 81.2 cm³/mol. The molecule has 1 aromatic heterocycles. The molecule has 0 N–H and O–H groups in total. The van der Waals surface area contributed by atoms with E-state index in [1.807, 2.05) is 0 Å². The minimum Gasteiger partial charge on any atom is -0.464 e. The van der Waals surface area contributed by atoms with E-state index in [9.17, 15) is 4.79 Å². The van der Waals surface area contributed by atoms with E-state index in [2.05, 4.69) is 11.8 Å². The Kier molecular flexibility index (Phi) is 3.81. The van der Waals surface area contributed by atoms with E-state index < -0.39 is 0 Å². The van der Waals surface area contributed by atoms with Crippen LogP contribution < -0.4 is 5.43 Å². The number of hydrogen-bond donors (Lipinski definition) is 0. The Bertz CT molecular complexity index is 680. The fraction of sp³-hybridized carbons (Fsp3) is 0.438. The van der Waals surface area contributed by atoms with E-state index in [1.54, 1.807) is 24.5 Å². The molecule has 20 heavy (non-hydrogen) atoms. The summed E-state index contributed by atoms with van der Waals surface area (Å²) in [5.74, 6) is 0.700. The van der Waals surface area contributed by atoms with Gasteiger partial charge in [0.15, 0.2) is 5.43 Å². The number of likely N-dealkylation sites (tertiary alicyclic amines) is 1. The van der Waals surface area contributed by atoms with Crippen LogP contribution >= 0.6 is 11.6 Å². The summed E-state index contributed by atoms with van der Waals surface area (Å²) in [7, 11) is 0. The Morgan fingerprint density at radius 3 is 3.10 bits per heavy atom. The Hall–Kier alpha value is -1.32. The van der Waals surface area contributed by atoms with E-state index in [0.29, 0.717) is 34.0 Å². The lowest BCUT2D eigenvalue weighted by molar-refractivity contribution is 0.175. The van der Waals surface area contributed by atoms with Gasteiger partial charge in [0, 0.05) is 23.7 Å². The quantitative estimate of drug-likeness (QED) is 0.846. The normalized spacial score (nSPS) is 20.4. The van der Waals surface area contributed by atoms with Gasteiger partial charge in [0.2, 0.25) is 0 Å². The molecule has 106 valence electrons. The van der Waals surface area contributed by atoms with Crippen molar-refractivity contribution in [3.8, 4) is 0 Å². The van der Waals surface area contributed by atoms with Crippen molar-refractivity contribution in [1.29, 1.82) is 0 Å². The van der Waals surface area contributed by atoms with Gasteiger partial charge in [-0.2, -0.15) is 0 Å². The molecule has 2 heterocycles. The first kappa shape index (κ1) is 13.7. The van der Waals surface area contributed by atoms with Crippen LogP contribution in [0.4, 0.5) is 0 Å². The van der Waals surface area contributed by atoms with Crippen LogP contribution in [0, 0.1) is 5.92 Å². The van der Waals surface area contributed by atoms with Gasteiger partial charge in [-0.25, -0.2) is 0 Å². The highest BCUT2D eigenvalue weighted by Crippen LogP contribution is 2.20. The maximum absolute atomic E-state index is 12.5. The molecule has 1 aliphatic rings. The van der Waals surface area contributed by atoms with Crippen molar-refractivity contribution in [2.45, 2.75) is 26.3 Å². The van der Waals surface area contributed by atoms with Gasteiger partial charge in [0.05, 0.1) is 11.6 Å². The summed E-state index contributed by atoms with van der Waals surface area (Å²) in [5.41, 5.74) is 1.34. The summed E-state index contributed by atoms with van der Waals surface area (Å²) in [6, 6.07) is 5.16. The molecule has 3 nitrogen and oxygen atoms in total. The fourth-order valence-electron chi connectivity index (χ4n) is 2.92. The van der Waals surface area contributed by atoms with Gasteiger partial charge in [-0.1, -0.05) is 18.5 Å². The molecule has 1 saturated heterocycles. The molecule has 0 unspecified atom stereocenters. The summed E-state index contributed by atoms with van der Waals surface area (Å²) in [5, 5.41) is 1.13. The fourth-order valence-corrected chi connectivity index (χ4v) is 3.10. The van der Waals surface area contributed by atoms with Crippen LogP contribution in [-0.4, -0.2) is 18.0 Å². The monoisotopic (exact) mass is 291 g/mol. The molecule has 0 amide bonds. The third kappa shape index (κ3) is 2.74. The minimum absolute atomic E-state index is 0.0342. The SMILES string of the molecule is C[C@H]1CCCN(Cc2coc3ccc(Cl)cc3c2=O)C1. The van der Waals surface area contributed by atoms with Gasteiger partial charge in [0.25, 0.3) is 0 Å². The average molecular weight is 292 g/mol. The standard InChI is InChI=1S/C16H18ClNO2/c1-11-3-2-6-18(8-11)9-12-10-20-15-5-4-13(17)7-14(15)16(12)19/h4-5,7,10-11H,2-3,6,8-9H2,1H3/t11-/m0/s1. The summed E-state index contributed by atoms with van der Waals surface area (Å²) >= 11 is 5.96. The van der Waals surface area contributed by atoms with Gasteiger partial charge < -0.3 is 4.42 Å². The van der Waals surface area contributed by atoms with Gasteiger partial charge in [-0.15, -0.1) is 0 Å². The third-order valence-electron chi connectivity index (χ3n) is 3.94. The molecule has 0 saturated carbocycles. The molecule has 1 aromatic carbocycles. The molecular weight excluding hydrogens is 274 g/mol. The lowest BCUT2D eigenvalue weighted by Gasteiger charge is -2.30. The highest BCUT2D eigenvalue weighted by molar-refractivity contribution is 6.31. The smallest absolute Gasteiger partial charge is 0.197 e. The Morgan fingerprint density at radius 2 is 2.30 bits per heavy atom. The van der Waals surface area contributed by atoms with Gasteiger partial charge in [-0.05, 0) is 43.5 Å². The number of hydrogen-bond acceptors (Lipinski definition) is 3. The van der Waals surface area contributed by atoms with Crippen LogP contribution in [0.5, 0.6) is 0 Å². The average Bonchev–Trinajstić information content (AvgIpc) is 2.43. The first-order valence-corrected chi connectivity index (χ1v) is 7.43. The first-order chi connectivity index (χ1) is 9.63. The highest BCUT2D eigenvalue weighted by Gasteiger charge is 2.18. The lowest BCUT2D eigenvalue weighted by atomic mass is 10.00. The van der Waals surface area contributed by atoms with Crippen molar-refractivity contribution in [2.75, 3.05) is 13.1 Å². The van der Waals surface area contributed by atoms with E-state index in [1.165, 1.54) is 12.8 Å². The zero-order valence-electron chi connectivity index (χ0n) is 11.6. The van der Waals surface area contributed by atoms with Crippen molar-refractivity contribution in [2.24, 2.45) is 5.92 Å². The van der Waals surface area contributed by atoms with Crippen molar-refractivity contribution in [3.05, 3.63) is 45.3 Å². The summed E-state index contributed by atoms with van der Waals surface area (Å²) in [6.45, 7) is 5.02. The van der Waals surface area contributed by atoms with Crippen LogP contribution in [0.1, 0.15) is 25.3 Å². The van der Waals surface area contributed by atoms with E-state index in [4.69, 9.17) is 16.0 Å². The topological polar surface area (TPSA) is 33.5 Å². The zero-order chi connectivity index (χ0) is 14.1. The predicted octanol–water partition coefficient (Wildman–Crippen LogP) is 3.68. The molecule has 1 atom stereocenters. The van der Waals surface area contributed by atoms with E-state index in [0.717, 1.165) is 13.1 Å². The molecule has 0 spiro atoms. The maximum atomic E-state index is 12.5. The van der Waals surface area contributed by atoms with Crippen LogP contribution in [0.15, 0.2) is 33.7 Å². The van der Waals surface area contributed by atoms with E-state index in [-0.39, 0.29) is 5.43 Å². The molecule has 0 aliphatic carbocycles. The summed E-state index contributed by atoms with van der Waals surface area (Å²) in [4.78, 5) is 14.8. The number of fused-ring (bicyclic) bond motifs is 1. The Labute approximate surface area is 123 Å². The maximum Gasteiger partial charge on any atom is 0.197 e.